The van der Waals surface area contributed by atoms with Crippen LogP contribution in [0.1, 0.15) is 13.3 Å². The number of hydrogen-bond donors (Lipinski definition) is 0. The molecule has 0 saturated carbocycles. The van der Waals surface area contributed by atoms with Crippen molar-refractivity contribution in [2.24, 2.45) is 0 Å². The first kappa shape index (κ1) is 16.3. The lowest BCUT2D eigenvalue weighted by Gasteiger charge is -2.18. The second-order valence-corrected chi connectivity index (χ2v) is 7.63. The van der Waals surface area contributed by atoms with Crippen molar-refractivity contribution in [2.45, 2.75) is 31.0 Å². The number of aromatic nitrogens is 2. The summed E-state index contributed by atoms with van der Waals surface area (Å²) >= 11 is 6.08. The Hall–Kier alpha value is -1.57. The predicted molar refractivity (Wildman–Crippen MR) is 87.1 cm³/mol. The minimum atomic E-state index is -3.55. The van der Waals surface area contributed by atoms with E-state index in [4.69, 9.17) is 16.3 Å². The third kappa shape index (κ3) is 3.22. The van der Waals surface area contributed by atoms with Crippen molar-refractivity contribution in [3.8, 4) is 5.75 Å². The number of para-hydroxylation sites is 1. The van der Waals surface area contributed by atoms with Gasteiger partial charge in [0.25, 0.3) is 10.0 Å². The van der Waals surface area contributed by atoms with Gasteiger partial charge in [-0.05, 0) is 25.5 Å². The van der Waals surface area contributed by atoms with Crippen LogP contribution < -0.4 is 4.74 Å². The normalized spacial score (nSPS) is 19.1. The zero-order valence-electron chi connectivity index (χ0n) is 12.7. The Morgan fingerprint density at radius 3 is 2.91 bits per heavy atom. The largest absolute Gasteiger partial charge is 0.487 e. The number of halogens is 1. The second-order valence-electron chi connectivity index (χ2n) is 5.34. The highest BCUT2D eigenvalue weighted by Gasteiger charge is 2.35. The first-order valence-electron chi connectivity index (χ1n) is 7.44. The zero-order chi connectivity index (χ0) is 16.4. The van der Waals surface area contributed by atoms with E-state index < -0.39 is 10.0 Å². The number of sulfonamides is 1. The maximum atomic E-state index is 12.7. The number of hydrogen-bond acceptors (Lipinski definition) is 4. The van der Waals surface area contributed by atoms with E-state index in [0.717, 1.165) is 0 Å². The molecule has 6 nitrogen and oxygen atoms in total. The molecule has 1 aromatic heterocycles. The predicted octanol–water partition coefficient (Wildman–Crippen LogP) is 2.40. The van der Waals surface area contributed by atoms with Crippen LogP contribution in [-0.2, 0) is 16.6 Å². The van der Waals surface area contributed by atoms with Crippen LogP contribution in [0.15, 0.2) is 41.8 Å². The third-order valence-corrected chi connectivity index (χ3v) is 6.05. The maximum Gasteiger partial charge on any atom is 0.260 e. The van der Waals surface area contributed by atoms with Gasteiger partial charge in [0.2, 0.25) is 0 Å². The fraction of sp³-hybridized carbons (Fsp3) is 0.400. The monoisotopic (exact) mass is 355 g/mol. The molecule has 23 heavy (non-hydrogen) atoms. The molecule has 1 atom stereocenters. The van der Waals surface area contributed by atoms with Gasteiger partial charge in [0.1, 0.15) is 11.9 Å². The van der Waals surface area contributed by atoms with E-state index in [1.54, 1.807) is 16.7 Å². The molecule has 0 radical (unpaired) electrons. The van der Waals surface area contributed by atoms with Gasteiger partial charge in [-0.25, -0.2) is 13.4 Å². The van der Waals surface area contributed by atoms with Gasteiger partial charge >= 0.3 is 0 Å². The number of rotatable bonds is 5. The Balaban J connectivity index is 1.73. The fourth-order valence-corrected chi connectivity index (χ4v) is 4.44. The maximum absolute atomic E-state index is 12.7. The van der Waals surface area contributed by atoms with E-state index in [2.05, 4.69) is 4.98 Å². The van der Waals surface area contributed by atoms with Crippen LogP contribution in [0.4, 0.5) is 0 Å². The van der Waals surface area contributed by atoms with Crippen LogP contribution in [-0.4, -0.2) is 41.5 Å². The summed E-state index contributed by atoms with van der Waals surface area (Å²) in [5.41, 5.74) is 0. The quantitative estimate of drug-likeness (QED) is 0.826. The Labute approximate surface area is 140 Å². The van der Waals surface area contributed by atoms with Crippen LogP contribution in [0, 0.1) is 0 Å². The molecule has 3 rings (SSSR count). The number of imidazole rings is 1. The Morgan fingerprint density at radius 1 is 1.39 bits per heavy atom. The van der Waals surface area contributed by atoms with E-state index >= 15 is 0 Å². The molecule has 1 aromatic carbocycles. The summed E-state index contributed by atoms with van der Waals surface area (Å²) < 4.78 is 34.4. The molecule has 2 aromatic rings. The molecule has 0 bridgehead atoms. The van der Waals surface area contributed by atoms with Crippen molar-refractivity contribution < 1.29 is 13.2 Å². The van der Waals surface area contributed by atoms with Crippen molar-refractivity contribution >= 4 is 21.6 Å². The summed E-state index contributed by atoms with van der Waals surface area (Å²) in [6.07, 6.45) is 3.34. The lowest BCUT2D eigenvalue weighted by Crippen LogP contribution is -2.32. The highest BCUT2D eigenvalue weighted by Crippen LogP contribution is 2.28. The van der Waals surface area contributed by atoms with Gasteiger partial charge in [-0.2, -0.15) is 4.31 Å². The first-order valence-corrected chi connectivity index (χ1v) is 9.25. The first-order chi connectivity index (χ1) is 11.0. The Kier molecular flexibility index (Phi) is 4.61. The van der Waals surface area contributed by atoms with Crippen LogP contribution in [0.5, 0.6) is 5.75 Å². The molecule has 2 heterocycles. The molecule has 0 aliphatic carbocycles. The van der Waals surface area contributed by atoms with Crippen molar-refractivity contribution in [1.29, 1.82) is 0 Å². The number of ether oxygens (including phenoxy) is 1. The van der Waals surface area contributed by atoms with Gasteiger partial charge in [0, 0.05) is 13.1 Å². The van der Waals surface area contributed by atoms with E-state index in [9.17, 15) is 8.42 Å². The van der Waals surface area contributed by atoms with Gasteiger partial charge in [0.05, 0.1) is 24.1 Å². The molecule has 0 spiro atoms. The average molecular weight is 356 g/mol. The molecule has 1 unspecified atom stereocenters. The summed E-state index contributed by atoms with van der Waals surface area (Å²) in [5.74, 6) is 0.581. The highest BCUT2D eigenvalue weighted by atomic mass is 35.5. The standard InChI is InChI=1S/C15H18ClN3O3S/c1-2-18-11-17-9-15(18)23(20,21)19-8-7-12(10-19)22-14-6-4-3-5-13(14)16/h3-6,9,11-12H,2,7-8,10H2,1H3. The van der Waals surface area contributed by atoms with Crippen molar-refractivity contribution in [1.82, 2.24) is 13.9 Å². The van der Waals surface area contributed by atoms with E-state index in [1.165, 1.54) is 16.8 Å². The lowest BCUT2D eigenvalue weighted by molar-refractivity contribution is 0.215. The van der Waals surface area contributed by atoms with Gasteiger partial charge in [0.15, 0.2) is 5.03 Å². The van der Waals surface area contributed by atoms with Crippen molar-refractivity contribution in [3.05, 3.63) is 41.8 Å². The van der Waals surface area contributed by atoms with E-state index in [-0.39, 0.29) is 11.1 Å². The SMILES string of the molecule is CCn1cncc1S(=O)(=O)N1CCC(Oc2ccccc2Cl)C1. The van der Waals surface area contributed by atoms with Gasteiger partial charge in [-0.1, -0.05) is 23.7 Å². The van der Waals surface area contributed by atoms with Gasteiger partial charge < -0.3 is 9.30 Å². The summed E-state index contributed by atoms with van der Waals surface area (Å²) in [5, 5.41) is 0.747. The fourth-order valence-electron chi connectivity index (χ4n) is 2.63. The van der Waals surface area contributed by atoms with Gasteiger partial charge in [-0.3, -0.25) is 0 Å². The summed E-state index contributed by atoms with van der Waals surface area (Å²) in [6, 6.07) is 7.20. The molecule has 0 amide bonds. The van der Waals surface area contributed by atoms with Gasteiger partial charge in [-0.15, -0.1) is 0 Å². The second kappa shape index (κ2) is 6.51. The number of benzene rings is 1. The minimum Gasteiger partial charge on any atom is -0.487 e. The van der Waals surface area contributed by atoms with Crippen LogP contribution in [0.2, 0.25) is 5.02 Å². The lowest BCUT2D eigenvalue weighted by atomic mass is 10.3. The molecular weight excluding hydrogens is 338 g/mol. The zero-order valence-corrected chi connectivity index (χ0v) is 14.3. The number of nitrogens with zero attached hydrogens (tertiary/aromatic N) is 3. The number of aryl methyl sites for hydroxylation is 1. The summed E-state index contributed by atoms with van der Waals surface area (Å²) in [4.78, 5) is 3.94. The third-order valence-electron chi connectivity index (χ3n) is 3.86. The average Bonchev–Trinajstić information content (AvgIpc) is 3.18. The smallest absolute Gasteiger partial charge is 0.260 e. The Morgan fingerprint density at radius 2 is 2.17 bits per heavy atom. The molecule has 1 aliphatic rings. The Bertz CT molecular complexity index is 791. The molecule has 0 N–H and O–H groups in total. The van der Waals surface area contributed by atoms with Crippen LogP contribution in [0.25, 0.3) is 0 Å². The summed E-state index contributed by atoms with van der Waals surface area (Å²) in [7, 11) is -3.55. The van der Waals surface area contributed by atoms with Crippen LogP contribution >= 0.6 is 11.6 Å². The molecule has 1 aliphatic heterocycles. The van der Waals surface area contributed by atoms with E-state index in [1.807, 2.05) is 19.1 Å². The van der Waals surface area contributed by atoms with Crippen LogP contribution in [0.3, 0.4) is 0 Å². The molecule has 124 valence electrons. The molecule has 8 heteroatoms. The topological polar surface area (TPSA) is 64.4 Å². The molecular formula is C15H18ClN3O3S. The highest BCUT2D eigenvalue weighted by molar-refractivity contribution is 7.89. The summed E-state index contributed by atoms with van der Waals surface area (Å²) in [6.45, 7) is 3.17. The van der Waals surface area contributed by atoms with E-state index in [0.29, 0.717) is 36.8 Å². The minimum absolute atomic E-state index is 0.206. The van der Waals surface area contributed by atoms with Crippen molar-refractivity contribution in [2.75, 3.05) is 13.1 Å². The molecule has 1 saturated heterocycles. The van der Waals surface area contributed by atoms with Crippen molar-refractivity contribution in [3.63, 3.8) is 0 Å². The molecule has 1 fully saturated rings.